The summed E-state index contributed by atoms with van der Waals surface area (Å²) in [7, 11) is 0. The second-order valence-electron chi connectivity index (χ2n) is 5.18. The number of hydrogen-bond acceptors (Lipinski definition) is 2. The summed E-state index contributed by atoms with van der Waals surface area (Å²) in [6, 6.07) is 4.03. The molecule has 0 aliphatic heterocycles. The Morgan fingerprint density at radius 3 is 1.95 bits per heavy atom. The van der Waals surface area contributed by atoms with Crippen LogP contribution in [0.15, 0.2) is 17.5 Å². The zero-order valence-electron chi connectivity index (χ0n) is 12.3. The van der Waals surface area contributed by atoms with Gasteiger partial charge in [-0.3, -0.25) is 4.79 Å². The summed E-state index contributed by atoms with van der Waals surface area (Å²) in [6.07, 6.45) is 0.515. The molecule has 1 aromatic heterocycles. The van der Waals surface area contributed by atoms with Crippen molar-refractivity contribution in [3.8, 4) is 0 Å². The van der Waals surface area contributed by atoms with E-state index < -0.39 is 0 Å². The van der Waals surface area contributed by atoms with E-state index in [0.717, 1.165) is 21.6 Å². The Labute approximate surface area is 119 Å². The average Bonchev–Trinajstić information content (AvgIpc) is 2.87. The summed E-state index contributed by atoms with van der Waals surface area (Å²) in [4.78, 5) is 13.7. The second kappa shape index (κ2) is 5.30. The Balaban J connectivity index is 2.48. The zero-order valence-corrected chi connectivity index (χ0v) is 13.1. The molecule has 100 valence electrons. The van der Waals surface area contributed by atoms with Crippen LogP contribution in [0.25, 0.3) is 0 Å². The smallest absolute Gasteiger partial charge is 0.168 e. The summed E-state index contributed by atoms with van der Waals surface area (Å²) in [6.45, 7) is 10.5. The van der Waals surface area contributed by atoms with Gasteiger partial charge in [-0.2, -0.15) is 0 Å². The highest BCUT2D eigenvalue weighted by molar-refractivity contribution is 7.10. The number of ketones is 1. The van der Waals surface area contributed by atoms with Gasteiger partial charge < -0.3 is 0 Å². The molecule has 2 aromatic rings. The van der Waals surface area contributed by atoms with Crippen LogP contribution in [-0.2, 0) is 6.42 Å². The standard InChI is InChI=1S/C17H20OS/c1-10-11(2)13(4)17(14(5)12(10)3)16(18)9-15-7-6-8-19-15/h6-8H,9H2,1-5H3. The first kappa shape index (κ1) is 14.0. The Kier molecular flexibility index (Phi) is 3.91. The molecule has 0 aliphatic rings. The number of benzene rings is 1. The number of hydrogen-bond donors (Lipinski definition) is 0. The maximum absolute atomic E-state index is 12.6. The third-order valence-corrected chi connectivity index (χ3v) is 5.07. The summed E-state index contributed by atoms with van der Waals surface area (Å²) < 4.78 is 0. The van der Waals surface area contributed by atoms with Crippen molar-refractivity contribution in [2.75, 3.05) is 0 Å². The Morgan fingerprint density at radius 2 is 1.47 bits per heavy atom. The molecule has 0 N–H and O–H groups in total. The molecule has 0 spiro atoms. The van der Waals surface area contributed by atoms with Gasteiger partial charge in [0.2, 0.25) is 0 Å². The van der Waals surface area contributed by atoms with Crippen LogP contribution in [0.4, 0.5) is 0 Å². The molecule has 0 saturated heterocycles. The first-order valence-electron chi connectivity index (χ1n) is 6.56. The maximum Gasteiger partial charge on any atom is 0.168 e. The number of thiophene rings is 1. The van der Waals surface area contributed by atoms with Gasteiger partial charge in [-0.25, -0.2) is 0 Å². The SMILES string of the molecule is Cc1c(C)c(C)c(C(=O)Cc2cccs2)c(C)c1C. The van der Waals surface area contributed by atoms with E-state index in [2.05, 4.69) is 34.6 Å². The maximum atomic E-state index is 12.6. The van der Waals surface area contributed by atoms with Gasteiger partial charge in [-0.1, -0.05) is 6.07 Å². The minimum atomic E-state index is 0.239. The monoisotopic (exact) mass is 272 g/mol. The fourth-order valence-electron chi connectivity index (χ4n) is 2.58. The van der Waals surface area contributed by atoms with E-state index in [9.17, 15) is 4.79 Å². The summed E-state index contributed by atoms with van der Waals surface area (Å²) in [5.41, 5.74) is 7.01. The van der Waals surface area contributed by atoms with Gasteiger partial charge in [0, 0.05) is 16.9 Å². The minimum absolute atomic E-state index is 0.239. The van der Waals surface area contributed by atoms with Crippen LogP contribution in [0.5, 0.6) is 0 Å². The number of rotatable bonds is 3. The molecular formula is C17H20OS. The van der Waals surface area contributed by atoms with Gasteiger partial charge >= 0.3 is 0 Å². The summed E-state index contributed by atoms with van der Waals surface area (Å²) in [5, 5.41) is 2.02. The van der Waals surface area contributed by atoms with Crippen LogP contribution < -0.4 is 0 Å². The van der Waals surface area contributed by atoms with Crippen molar-refractivity contribution in [2.45, 2.75) is 41.0 Å². The normalized spacial score (nSPS) is 10.8. The lowest BCUT2D eigenvalue weighted by Crippen LogP contribution is -2.11. The summed E-state index contributed by atoms with van der Waals surface area (Å²) >= 11 is 1.65. The van der Waals surface area contributed by atoms with Crippen LogP contribution in [0.2, 0.25) is 0 Å². The first-order chi connectivity index (χ1) is 8.93. The van der Waals surface area contributed by atoms with Crippen molar-refractivity contribution in [1.82, 2.24) is 0 Å². The van der Waals surface area contributed by atoms with Crippen molar-refractivity contribution >= 4 is 17.1 Å². The first-order valence-corrected chi connectivity index (χ1v) is 7.44. The lowest BCUT2D eigenvalue weighted by Gasteiger charge is -2.17. The molecule has 1 nitrogen and oxygen atoms in total. The lowest BCUT2D eigenvalue weighted by molar-refractivity contribution is 0.0992. The van der Waals surface area contributed by atoms with Crippen LogP contribution in [0.3, 0.4) is 0 Å². The van der Waals surface area contributed by atoms with Crippen molar-refractivity contribution in [3.63, 3.8) is 0 Å². The molecule has 0 bridgehead atoms. The molecule has 1 aromatic carbocycles. The predicted octanol–water partition coefficient (Wildman–Crippen LogP) is 4.72. The molecule has 0 amide bonds. The molecule has 2 heteroatoms. The van der Waals surface area contributed by atoms with Gasteiger partial charge in [-0.05, 0) is 73.9 Å². The molecule has 0 radical (unpaired) electrons. The molecule has 0 unspecified atom stereocenters. The topological polar surface area (TPSA) is 17.1 Å². The van der Waals surface area contributed by atoms with E-state index in [1.807, 2.05) is 17.5 Å². The number of carbonyl (C=O) groups is 1. The molecule has 1 heterocycles. The molecule has 0 saturated carbocycles. The fraction of sp³-hybridized carbons (Fsp3) is 0.353. The molecule has 19 heavy (non-hydrogen) atoms. The Hall–Kier alpha value is -1.41. The average molecular weight is 272 g/mol. The Morgan fingerprint density at radius 1 is 0.947 bits per heavy atom. The van der Waals surface area contributed by atoms with E-state index in [1.54, 1.807) is 11.3 Å². The zero-order chi connectivity index (χ0) is 14.2. The van der Waals surface area contributed by atoms with Crippen molar-refractivity contribution in [2.24, 2.45) is 0 Å². The molecule has 0 aliphatic carbocycles. The lowest BCUT2D eigenvalue weighted by atomic mass is 9.87. The van der Waals surface area contributed by atoms with Crippen LogP contribution in [0, 0.1) is 34.6 Å². The Bertz CT molecular complexity index is 592. The van der Waals surface area contributed by atoms with Gasteiger partial charge in [0.15, 0.2) is 5.78 Å². The van der Waals surface area contributed by atoms with Crippen LogP contribution in [0.1, 0.15) is 43.1 Å². The highest BCUT2D eigenvalue weighted by atomic mass is 32.1. The van der Waals surface area contributed by atoms with Gasteiger partial charge in [0.25, 0.3) is 0 Å². The van der Waals surface area contributed by atoms with Crippen molar-refractivity contribution < 1.29 is 4.79 Å². The quantitative estimate of drug-likeness (QED) is 0.739. The van der Waals surface area contributed by atoms with E-state index in [0.29, 0.717) is 6.42 Å². The molecular weight excluding hydrogens is 252 g/mol. The molecule has 0 atom stereocenters. The van der Waals surface area contributed by atoms with E-state index in [4.69, 9.17) is 0 Å². The molecule has 0 fully saturated rings. The highest BCUT2D eigenvalue weighted by Crippen LogP contribution is 2.27. The largest absolute Gasteiger partial charge is 0.294 e. The fourth-order valence-corrected chi connectivity index (χ4v) is 3.28. The van der Waals surface area contributed by atoms with Gasteiger partial charge in [0.1, 0.15) is 0 Å². The van der Waals surface area contributed by atoms with Crippen LogP contribution in [-0.4, -0.2) is 5.78 Å². The van der Waals surface area contributed by atoms with E-state index >= 15 is 0 Å². The van der Waals surface area contributed by atoms with E-state index in [-0.39, 0.29) is 5.78 Å². The van der Waals surface area contributed by atoms with Crippen LogP contribution >= 0.6 is 11.3 Å². The van der Waals surface area contributed by atoms with Crippen molar-refractivity contribution in [3.05, 3.63) is 55.8 Å². The van der Waals surface area contributed by atoms with E-state index in [1.165, 1.54) is 16.7 Å². The second-order valence-corrected chi connectivity index (χ2v) is 6.21. The third-order valence-electron chi connectivity index (χ3n) is 4.19. The minimum Gasteiger partial charge on any atom is -0.294 e. The van der Waals surface area contributed by atoms with Gasteiger partial charge in [0.05, 0.1) is 0 Å². The molecule has 2 rings (SSSR count). The predicted molar refractivity (Wildman–Crippen MR) is 82.5 cm³/mol. The highest BCUT2D eigenvalue weighted by Gasteiger charge is 2.18. The number of Topliss-reactive ketones (excluding diaryl/α,β-unsaturated/α-hetero) is 1. The summed E-state index contributed by atoms with van der Waals surface area (Å²) in [5.74, 6) is 0.239. The number of carbonyl (C=O) groups excluding carboxylic acids is 1. The third kappa shape index (κ3) is 2.50. The van der Waals surface area contributed by atoms with Gasteiger partial charge in [-0.15, -0.1) is 11.3 Å². The van der Waals surface area contributed by atoms with Crippen molar-refractivity contribution in [1.29, 1.82) is 0 Å².